The van der Waals surface area contributed by atoms with Crippen LogP contribution < -0.4 is 0 Å². The Labute approximate surface area is 248 Å². The van der Waals surface area contributed by atoms with Crippen molar-refractivity contribution in [3.05, 3.63) is 34.4 Å². The predicted molar refractivity (Wildman–Crippen MR) is 170 cm³/mol. The van der Waals surface area contributed by atoms with Crippen molar-refractivity contribution in [2.24, 2.45) is 23.7 Å². The molecule has 0 N–H and O–H groups in total. The zero-order chi connectivity index (χ0) is 28.4. The smallest absolute Gasteiger partial charge is 0.101 e. The van der Waals surface area contributed by atoms with Gasteiger partial charge < -0.3 is 0 Å². The van der Waals surface area contributed by atoms with Crippen molar-refractivity contribution in [3.63, 3.8) is 0 Å². The molecule has 2 nitrogen and oxygen atoms in total. The maximum absolute atomic E-state index is 10.0. The standard InChI is InChI=1S/C38H60N2/c1-3-5-7-9-11-13-31-15-19-33(20-16-31)23-25-35-27-28-36(38(30-40)37(35)29-39)26-24-34-21-17-32(18-22-34)14-12-10-8-6-4-2/h27-28,31-34H,3-26H2,1-2H3. The van der Waals surface area contributed by atoms with E-state index in [4.69, 9.17) is 0 Å². The van der Waals surface area contributed by atoms with Gasteiger partial charge in [0.1, 0.15) is 12.1 Å². The molecule has 0 saturated heterocycles. The Morgan fingerprint density at radius 3 is 1.15 bits per heavy atom. The number of nitrogens with zero attached hydrogens (tertiary/aromatic N) is 2. The summed E-state index contributed by atoms with van der Waals surface area (Å²) in [6.07, 6.45) is 32.1. The van der Waals surface area contributed by atoms with E-state index in [9.17, 15) is 10.5 Å². The minimum atomic E-state index is 0.674. The number of hydrogen-bond acceptors (Lipinski definition) is 2. The van der Waals surface area contributed by atoms with Gasteiger partial charge >= 0.3 is 0 Å². The normalized spacial score (nSPS) is 23.0. The first-order valence-corrected chi connectivity index (χ1v) is 17.6. The van der Waals surface area contributed by atoms with Crippen LogP contribution in [0.1, 0.15) is 177 Å². The van der Waals surface area contributed by atoms with Crippen molar-refractivity contribution in [2.75, 3.05) is 0 Å². The Morgan fingerprint density at radius 1 is 0.500 bits per heavy atom. The lowest BCUT2D eigenvalue weighted by Crippen LogP contribution is -2.16. The third-order valence-corrected chi connectivity index (χ3v) is 10.6. The first-order valence-electron chi connectivity index (χ1n) is 17.6. The molecule has 0 atom stereocenters. The van der Waals surface area contributed by atoms with Crippen molar-refractivity contribution in [1.82, 2.24) is 0 Å². The van der Waals surface area contributed by atoms with Crippen molar-refractivity contribution >= 4 is 0 Å². The molecule has 0 radical (unpaired) electrons. The highest BCUT2D eigenvalue weighted by Crippen LogP contribution is 2.36. The number of rotatable bonds is 18. The molecule has 0 heterocycles. The second kappa shape index (κ2) is 19.3. The number of aryl methyl sites for hydroxylation is 2. The fourth-order valence-electron chi connectivity index (χ4n) is 7.77. The predicted octanol–water partition coefficient (Wildman–Crippen LogP) is 11.6. The fraction of sp³-hybridized carbons (Fsp3) is 0.789. The highest BCUT2D eigenvalue weighted by molar-refractivity contribution is 5.54. The molecule has 0 unspecified atom stereocenters. The van der Waals surface area contributed by atoms with Gasteiger partial charge in [-0.15, -0.1) is 0 Å². The summed E-state index contributed by atoms with van der Waals surface area (Å²) >= 11 is 0. The van der Waals surface area contributed by atoms with Crippen LogP contribution in [-0.2, 0) is 12.8 Å². The second-order valence-electron chi connectivity index (χ2n) is 13.6. The van der Waals surface area contributed by atoms with E-state index in [2.05, 4.69) is 38.1 Å². The number of nitriles is 2. The molecule has 0 spiro atoms. The first-order chi connectivity index (χ1) is 19.7. The lowest BCUT2D eigenvalue weighted by molar-refractivity contribution is 0.248. The summed E-state index contributed by atoms with van der Waals surface area (Å²) in [4.78, 5) is 0. The molecule has 0 aromatic heterocycles. The third kappa shape index (κ3) is 11.2. The van der Waals surface area contributed by atoms with Gasteiger partial charge in [0, 0.05) is 0 Å². The molecule has 2 aliphatic rings. The van der Waals surface area contributed by atoms with E-state index in [-0.39, 0.29) is 0 Å². The van der Waals surface area contributed by atoms with Crippen LogP contribution in [0.15, 0.2) is 12.1 Å². The van der Waals surface area contributed by atoms with Gasteiger partial charge in [-0.05, 0) is 60.5 Å². The molecule has 0 amide bonds. The summed E-state index contributed by atoms with van der Waals surface area (Å²) in [5.74, 6) is 3.48. The van der Waals surface area contributed by atoms with Gasteiger partial charge in [0.2, 0.25) is 0 Å². The summed E-state index contributed by atoms with van der Waals surface area (Å²) in [6.45, 7) is 4.58. The lowest BCUT2D eigenvalue weighted by Gasteiger charge is -2.29. The molecular formula is C38H60N2. The monoisotopic (exact) mass is 544 g/mol. The van der Waals surface area contributed by atoms with Gasteiger partial charge in [0.25, 0.3) is 0 Å². The molecule has 3 rings (SSSR count). The molecule has 2 heteroatoms. The molecule has 40 heavy (non-hydrogen) atoms. The van der Waals surface area contributed by atoms with Gasteiger partial charge in [0.15, 0.2) is 0 Å². The maximum atomic E-state index is 10.0. The minimum absolute atomic E-state index is 0.674. The Hall–Kier alpha value is -1.80. The van der Waals surface area contributed by atoms with E-state index in [1.54, 1.807) is 0 Å². The van der Waals surface area contributed by atoms with Crippen molar-refractivity contribution < 1.29 is 0 Å². The van der Waals surface area contributed by atoms with E-state index in [0.29, 0.717) is 11.1 Å². The minimum Gasteiger partial charge on any atom is -0.192 e. The van der Waals surface area contributed by atoms with E-state index in [1.807, 2.05) is 0 Å². The van der Waals surface area contributed by atoms with Crippen LogP contribution in [0.4, 0.5) is 0 Å². The SMILES string of the molecule is CCCCCCCC1CCC(CCc2ccc(CCC3CCC(CCCCCCC)CC3)c(C#N)c2C#N)CC1. The largest absolute Gasteiger partial charge is 0.192 e. The number of benzene rings is 1. The van der Waals surface area contributed by atoms with E-state index in [1.165, 1.54) is 141 Å². The van der Waals surface area contributed by atoms with Crippen molar-refractivity contribution in [1.29, 1.82) is 10.5 Å². The maximum Gasteiger partial charge on any atom is 0.101 e. The van der Waals surface area contributed by atoms with Crippen LogP contribution in [0.25, 0.3) is 0 Å². The highest BCUT2D eigenvalue weighted by atomic mass is 14.3. The van der Waals surface area contributed by atoms with Crippen LogP contribution in [-0.4, -0.2) is 0 Å². The van der Waals surface area contributed by atoms with Crippen LogP contribution >= 0.6 is 0 Å². The third-order valence-electron chi connectivity index (χ3n) is 10.6. The molecular weight excluding hydrogens is 484 g/mol. The highest BCUT2D eigenvalue weighted by Gasteiger charge is 2.23. The first kappa shape index (κ1) is 32.7. The molecule has 2 fully saturated rings. The Balaban J connectivity index is 1.40. The van der Waals surface area contributed by atoms with Gasteiger partial charge in [0.05, 0.1) is 11.1 Å². The topological polar surface area (TPSA) is 47.6 Å². The zero-order valence-corrected chi connectivity index (χ0v) is 26.3. The fourth-order valence-corrected chi connectivity index (χ4v) is 7.77. The average molecular weight is 545 g/mol. The molecule has 0 bridgehead atoms. The van der Waals surface area contributed by atoms with Crippen LogP contribution in [0.5, 0.6) is 0 Å². The number of hydrogen-bond donors (Lipinski definition) is 0. The molecule has 0 aliphatic heterocycles. The van der Waals surface area contributed by atoms with Crippen molar-refractivity contribution in [2.45, 2.75) is 168 Å². The summed E-state index contributed by atoms with van der Waals surface area (Å²) in [7, 11) is 0. The Bertz CT molecular complexity index is 828. The lowest BCUT2D eigenvalue weighted by atomic mass is 9.77. The van der Waals surface area contributed by atoms with Crippen LogP contribution in [0.3, 0.4) is 0 Å². The van der Waals surface area contributed by atoms with E-state index < -0.39 is 0 Å². The second-order valence-corrected chi connectivity index (χ2v) is 13.6. The van der Waals surface area contributed by atoms with E-state index >= 15 is 0 Å². The van der Waals surface area contributed by atoms with Gasteiger partial charge in [-0.1, -0.05) is 154 Å². The molecule has 2 aliphatic carbocycles. The quantitative estimate of drug-likeness (QED) is 0.172. The zero-order valence-electron chi connectivity index (χ0n) is 26.3. The molecule has 1 aromatic rings. The molecule has 1 aromatic carbocycles. The summed E-state index contributed by atoms with van der Waals surface area (Å²) in [6, 6.07) is 9.26. The Kier molecular flexibility index (Phi) is 15.8. The Morgan fingerprint density at radius 2 is 0.825 bits per heavy atom. The summed E-state index contributed by atoms with van der Waals surface area (Å²) in [5.41, 5.74) is 3.57. The summed E-state index contributed by atoms with van der Waals surface area (Å²) < 4.78 is 0. The number of unbranched alkanes of at least 4 members (excludes halogenated alkanes) is 8. The van der Waals surface area contributed by atoms with Gasteiger partial charge in [-0.2, -0.15) is 10.5 Å². The van der Waals surface area contributed by atoms with Gasteiger partial charge in [-0.3, -0.25) is 0 Å². The summed E-state index contributed by atoms with van der Waals surface area (Å²) in [5, 5.41) is 20.1. The molecule has 222 valence electrons. The van der Waals surface area contributed by atoms with Gasteiger partial charge in [-0.25, -0.2) is 0 Å². The molecule has 2 saturated carbocycles. The van der Waals surface area contributed by atoms with E-state index in [0.717, 1.165) is 47.6 Å². The van der Waals surface area contributed by atoms with Crippen molar-refractivity contribution in [3.8, 4) is 12.1 Å². The average Bonchev–Trinajstić information content (AvgIpc) is 2.99. The van der Waals surface area contributed by atoms with Crippen LogP contribution in [0, 0.1) is 46.3 Å². The van der Waals surface area contributed by atoms with Crippen LogP contribution in [0.2, 0.25) is 0 Å².